The van der Waals surface area contributed by atoms with E-state index in [9.17, 15) is 0 Å². The molecule has 1 rings (SSSR count). The highest BCUT2D eigenvalue weighted by atomic mass is 35.5. The highest BCUT2D eigenvalue weighted by Crippen LogP contribution is 2.21. The topological polar surface area (TPSA) is 12.9 Å². The molecule has 0 fully saturated rings. The predicted octanol–water partition coefficient (Wildman–Crippen LogP) is 3.56. The van der Waals surface area contributed by atoms with Crippen molar-refractivity contribution in [3.8, 4) is 0 Å². The lowest BCUT2D eigenvalue weighted by atomic mass is 10.0. The van der Waals surface area contributed by atoms with Crippen molar-refractivity contribution in [1.29, 1.82) is 0 Å². The van der Waals surface area contributed by atoms with Crippen LogP contribution >= 0.6 is 11.6 Å². The summed E-state index contributed by atoms with van der Waals surface area (Å²) in [7, 11) is 0. The van der Waals surface area contributed by atoms with E-state index in [4.69, 9.17) is 11.6 Å². The van der Waals surface area contributed by atoms with Gasteiger partial charge in [0.2, 0.25) is 0 Å². The van der Waals surface area contributed by atoms with Gasteiger partial charge in [-0.3, -0.25) is 4.98 Å². The predicted molar refractivity (Wildman–Crippen MR) is 52.7 cm³/mol. The Kier molecular flexibility index (Phi) is 3.10. The van der Waals surface area contributed by atoms with Crippen LogP contribution in [-0.4, -0.2) is 4.98 Å². The molecule has 0 bridgehead atoms. The molecule has 66 valence electrons. The summed E-state index contributed by atoms with van der Waals surface area (Å²) >= 11 is 5.80. The summed E-state index contributed by atoms with van der Waals surface area (Å²) in [5.41, 5.74) is 2.36. The number of halogens is 1. The average molecular weight is 184 g/mol. The normalized spacial score (nSPS) is 13.0. The van der Waals surface area contributed by atoms with Gasteiger partial charge in [-0.25, -0.2) is 0 Å². The van der Waals surface area contributed by atoms with Gasteiger partial charge in [-0.2, -0.15) is 0 Å². The second-order valence-corrected chi connectivity index (χ2v) is 3.60. The van der Waals surface area contributed by atoms with Gasteiger partial charge in [-0.1, -0.05) is 25.4 Å². The Morgan fingerprint density at radius 3 is 2.75 bits per heavy atom. The molecule has 1 heterocycles. The molecule has 0 N–H and O–H groups in total. The van der Waals surface area contributed by atoms with Crippen LogP contribution in [-0.2, 0) is 0 Å². The second kappa shape index (κ2) is 3.90. The molecule has 12 heavy (non-hydrogen) atoms. The van der Waals surface area contributed by atoms with E-state index >= 15 is 0 Å². The highest BCUT2D eigenvalue weighted by Gasteiger charge is 2.07. The third-order valence-electron chi connectivity index (χ3n) is 2.16. The van der Waals surface area contributed by atoms with Gasteiger partial charge >= 0.3 is 0 Å². The first-order valence-corrected chi connectivity index (χ1v) is 4.65. The third-order valence-corrected chi connectivity index (χ3v) is 2.37. The van der Waals surface area contributed by atoms with Crippen LogP contribution in [0.2, 0.25) is 5.02 Å². The number of hydrogen-bond acceptors (Lipinski definition) is 1. The molecular formula is C10H14ClN. The standard InChI is InChI=1S/C10H14ClN/c1-4-7(2)10-8(3)5-9(11)6-12-10/h5-7H,4H2,1-3H3/t7-/m0/s1. The van der Waals surface area contributed by atoms with Gasteiger partial charge in [0.25, 0.3) is 0 Å². The molecular weight excluding hydrogens is 170 g/mol. The minimum absolute atomic E-state index is 0.530. The fourth-order valence-corrected chi connectivity index (χ4v) is 1.47. The van der Waals surface area contributed by atoms with E-state index in [2.05, 4.69) is 25.8 Å². The average Bonchev–Trinajstić information content (AvgIpc) is 2.03. The SMILES string of the molecule is CC[C@H](C)c1ncc(Cl)cc1C. The van der Waals surface area contributed by atoms with Crippen LogP contribution in [0.3, 0.4) is 0 Å². The Morgan fingerprint density at radius 2 is 2.25 bits per heavy atom. The number of nitrogens with zero attached hydrogens (tertiary/aromatic N) is 1. The van der Waals surface area contributed by atoms with Crippen LogP contribution in [0.4, 0.5) is 0 Å². The first-order chi connectivity index (χ1) is 5.65. The third kappa shape index (κ3) is 1.98. The Hall–Kier alpha value is -0.560. The van der Waals surface area contributed by atoms with Crippen molar-refractivity contribution in [2.24, 2.45) is 0 Å². The maximum Gasteiger partial charge on any atom is 0.0592 e. The monoisotopic (exact) mass is 183 g/mol. The molecule has 0 aliphatic heterocycles. The van der Waals surface area contributed by atoms with E-state index in [1.54, 1.807) is 6.20 Å². The van der Waals surface area contributed by atoms with Crippen molar-refractivity contribution in [3.63, 3.8) is 0 Å². The second-order valence-electron chi connectivity index (χ2n) is 3.16. The molecule has 0 aliphatic carbocycles. The number of aromatic nitrogens is 1. The summed E-state index contributed by atoms with van der Waals surface area (Å²) in [5.74, 6) is 0.530. The number of hydrogen-bond donors (Lipinski definition) is 0. The number of rotatable bonds is 2. The number of pyridine rings is 1. The van der Waals surface area contributed by atoms with E-state index in [0.29, 0.717) is 5.92 Å². The van der Waals surface area contributed by atoms with Gasteiger partial charge in [0, 0.05) is 11.9 Å². The van der Waals surface area contributed by atoms with Crippen molar-refractivity contribution in [3.05, 3.63) is 28.5 Å². The zero-order valence-electron chi connectivity index (χ0n) is 7.76. The molecule has 0 saturated heterocycles. The summed E-state index contributed by atoms with van der Waals surface area (Å²) in [6.45, 7) is 6.41. The molecule has 0 aliphatic rings. The Labute approximate surface area is 78.8 Å². The van der Waals surface area contributed by atoms with Crippen LogP contribution in [0.15, 0.2) is 12.3 Å². The van der Waals surface area contributed by atoms with Gasteiger partial charge < -0.3 is 0 Å². The lowest BCUT2D eigenvalue weighted by molar-refractivity contribution is 0.702. The first-order valence-electron chi connectivity index (χ1n) is 4.27. The highest BCUT2D eigenvalue weighted by molar-refractivity contribution is 6.30. The lowest BCUT2D eigenvalue weighted by Crippen LogP contribution is -1.98. The number of aryl methyl sites for hydroxylation is 1. The molecule has 0 spiro atoms. The zero-order valence-corrected chi connectivity index (χ0v) is 8.52. The van der Waals surface area contributed by atoms with Crippen LogP contribution in [0.25, 0.3) is 0 Å². The summed E-state index contributed by atoms with van der Waals surface area (Å²) < 4.78 is 0. The summed E-state index contributed by atoms with van der Waals surface area (Å²) in [6.07, 6.45) is 2.84. The lowest BCUT2D eigenvalue weighted by Gasteiger charge is -2.10. The van der Waals surface area contributed by atoms with Gasteiger partial charge in [0.1, 0.15) is 0 Å². The van der Waals surface area contributed by atoms with Crippen LogP contribution in [0, 0.1) is 6.92 Å². The van der Waals surface area contributed by atoms with Crippen molar-refractivity contribution in [1.82, 2.24) is 4.98 Å². The quantitative estimate of drug-likeness (QED) is 0.684. The Bertz CT molecular complexity index is 271. The molecule has 0 amide bonds. The van der Waals surface area contributed by atoms with Gasteiger partial charge in [0.05, 0.1) is 5.02 Å². The molecule has 0 saturated carbocycles. The smallest absolute Gasteiger partial charge is 0.0592 e. The van der Waals surface area contributed by atoms with Crippen LogP contribution in [0.5, 0.6) is 0 Å². The van der Waals surface area contributed by atoms with Gasteiger partial charge in [-0.15, -0.1) is 0 Å². The van der Waals surface area contributed by atoms with Crippen LogP contribution in [0.1, 0.15) is 37.4 Å². The van der Waals surface area contributed by atoms with E-state index in [1.165, 1.54) is 11.3 Å². The molecule has 1 aromatic heterocycles. The van der Waals surface area contributed by atoms with Gasteiger partial charge in [-0.05, 0) is 30.9 Å². The molecule has 0 aromatic carbocycles. The van der Waals surface area contributed by atoms with Crippen molar-refractivity contribution in [2.45, 2.75) is 33.1 Å². The van der Waals surface area contributed by atoms with Crippen molar-refractivity contribution in [2.75, 3.05) is 0 Å². The zero-order chi connectivity index (χ0) is 9.14. The van der Waals surface area contributed by atoms with E-state index in [0.717, 1.165) is 11.4 Å². The largest absolute Gasteiger partial charge is 0.259 e. The van der Waals surface area contributed by atoms with Crippen molar-refractivity contribution < 1.29 is 0 Å². The van der Waals surface area contributed by atoms with Gasteiger partial charge in [0.15, 0.2) is 0 Å². The molecule has 1 atom stereocenters. The van der Waals surface area contributed by atoms with E-state index < -0.39 is 0 Å². The van der Waals surface area contributed by atoms with E-state index in [1.807, 2.05) is 6.07 Å². The molecule has 1 aromatic rings. The Balaban J connectivity index is 3.01. The maximum atomic E-state index is 5.80. The minimum Gasteiger partial charge on any atom is -0.259 e. The molecule has 1 nitrogen and oxygen atoms in total. The van der Waals surface area contributed by atoms with Crippen molar-refractivity contribution >= 4 is 11.6 Å². The van der Waals surface area contributed by atoms with E-state index in [-0.39, 0.29) is 0 Å². The first kappa shape index (κ1) is 9.53. The summed E-state index contributed by atoms with van der Waals surface area (Å²) in [4.78, 5) is 4.32. The Morgan fingerprint density at radius 1 is 1.58 bits per heavy atom. The minimum atomic E-state index is 0.530. The summed E-state index contributed by atoms with van der Waals surface area (Å²) in [6, 6.07) is 1.97. The van der Waals surface area contributed by atoms with Crippen LogP contribution < -0.4 is 0 Å². The summed E-state index contributed by atoms with van der Waals surface area (Å²) in [5, 5.41) is 0.722. The molecule has 0 unspecified atom stereocenters. The fourth-order valence-electron chi connectivity index (χ4n) is 1.26. The molecule has 0 radical (unpaired) electrons. The molecule has 2 heteroatoms. The maximum absolute atomic E-state index is 5.80. The fraction of sp³-hybridized carbons (Fsp3) is 0.500.